The Bertz CT molecular complexity index is 1000. The highest BCUT2D eigenvalue weighted by molar-refractivity contribution is 5.94. The normalized spacial score (nSPS) is 14.2. The summed E-state index contributed by atoms with van der Waals surface area (Å²) in [4.78, 5) is 14.9. The molecule has 0 atom stereocenters. The van der Waals surface area contributed by atoms with Crippen LogP contribution in [0, 0.1) is 5.82 Å². The third-order valence-corrected chi connectivity index (χ3v) is 5.12. The Labute approximate surface area is 181 Å². The molecule has 1 amide bonds. The van der Waals surface area contributed by atoms with Gasteiger partial charge in [0.1, 0.15) is 17.3 Å². The van der Waals surface area contributed by atoms with Crippen molar-refractivity contribution in [3.63, 3.8) is 0 Å². The van der Waals surface area contributed by atoms with E-state index in [-0.39, 0.29) is 11.7 Å². The summed E-state index contributed by atoms with van der Waals surface area (Å²) >= 11 is 0. The second-order valence-corrected chi connectivity index (χ2v) is 7.47. The zero-order valence-corrected chi connectivity index (χ0v) is 17.2. The van der Waals surface area contributed by atoms with E-state index in [9.17, 15) is 9.18 Å². The molecule has 0 unspecified atom stereocenters. The molecule has 1 aliphatic rings. The average Bonchev–Trinajstić information content (AvgIpc) is 2.81. The third kappa shape index (κ3) is 6.13. The maximum absolute atomic E-state index is 13.0. The molecular formula is C25H25FN2O3. The van der Waals surface area contributed by atoms with E-state index in [0.717, 1.165) is 44.0 Å². The first kappa shape index (κ1) is 21.0. The number of nitrogens with zero attached hydrogens (tertiary/aromatic N) is 1. The van der Waals surface area contributed by atoms with Gasteiger partial charge in [0, 0.05) is 31.7 Å². The molecule has 1 heterocycles. The van der Waals surface area contributed by atoms with Gasteiger partial charge in [-0.25, -0.2) is 4.39 Å². The number of hydrogen-bond acceptors (Lipinski definition) is 4. The van der Waals surface area contributed by atoms with Crippen LogP contribution >= 0.6 is 0 Å². The Balaban J connectivity index is 1.30. The van der Waals surface area contributed by atoms with Crippen LogP contribution in [0.1, 0.15) is 21.5 Å². The van der Waals surface area contributed by atoms with Crippen molar-refractivity contribution in [1.82, 2.24) is 10.2 Å². The standard InChI is InChI=1S/C25H25FN2O3/c26-22-6-10-24(11-7-22)31-23-8-4-19(5-9-23)17-27-25(29)21-3-1-2-20(16-21)18-28-12-14-30-15-13-28/h1-11,16H,12-15,17-18H2,(H,27,29). The number of benzene rings is 3. The van der Waals surface area contributed by atoms with Crippen molar-refractivity contribution in [3.05, 3.63) is 95.3 Å². The van der Waals surface area contributed by atoms with Gasteiger partial charge >= 0.3 is 0 Å². The van der Waals surface area contributed by atoms with Gasteiger partial charge in [0.15, 0.2) is 0 Å². The largest absolute Gasteiger partial charge is 0.457 e. The summed E-state index contributed by atoms with van der Waals surface area (Å²) in [5, 5.41) is 2.97. The number of ether oxygens (including phenoxy) is 2. The first-order valence-corrected chi connectivity index (χ1v) is 10.4. The molecule has 1 N–H and O–H groups in total. The van der Waals surface area contributed by atoms with Crippen LogP contribution in [-0.4, -0.2) is 37.1 Å². The molecule has 0 radical (unpaired) electrons. The van der Waals surface area contributed by atoms with Gasteiger partial charge in [-0.3, -0.25) is 9.69 Å². The maximum Gasteiger partial charge on any atom is 0.251 e. The quantitative estimate of drug-likeness (QED) is 0.616. The number of hydrogen-bond donors (Lipinski definition) is 1. The number of carbonyl (C=O) groups excluding carboxylic acids is 1. The number of nitrogens with one attached hydrogen (secondary N) is 1. The van der Waals surface area contributed by atoms with Gasteiger partial charge in [-0.1, -0.05) is 24.3 Å². The second-order valence-electron chi connectivity index (χ2n) is 7.47. The lowest BCUT2D eigenvalue weighted by Crippen LogP contribution is -2.35. The Morgan fingerprint density at radius 1 is 0.935 bits per heavy atom. The summed E-state index contributed by atoms with van der Waals surface area (Å²) < 4.78 is 24.1. The predicted octanol–water partition coefficient (Wildman–Crippen LogP) is 4.38. The lowest BCUT2D eigenvalue weighted by atomic mass is 10.1. The molecule has 1 saturated heterocycles. The monoisotopic (exact) mass is 420 g/mol. The molecule has 0 saturated carbocycles. The summed E-state index contributed by atoms with van der Waals surface area (Å²) in [6.07, 6.45) is 0. The molecule has 1 aliphatic heterocycles. The fraction of sp³-hybridized carbons (Fsp3) is 0.240. The molecule has 0 bridgehead atoms. The Hall–Kier alpha value is -3.22. The van der Waals surface area contributed by atoms with Crippen molar-refractivity contribution in [2.75, 3.05) is 26.3 Å². The van der Waals surface area contributed by atoms with Crippen LogP contribution < -0.4 is 10.1 Å². The van der Waals surface area contributed by atoms with Crippen molar-refractivity contribution in [2.24, 2.45) is 0 Å². The Kier molecular flexibility index (Phi) is 6.92. The van der Waals surface area contributed by atoms with Crippen molar-refractivity contribution >= 4 is 5.91 Å². The second kappa shape index (κ2) is 10.2. The molecule has 6 heteroatoms. The van der Waals surface area contributed by atoms with Gasteiger partial charge in [-0.2, -0.15) is 0 Å². The van der Waals surface area contributed by atoms with Gasteiger partial charge in [-0.05, 0) is 59.7 Å². The highest BCUT2D eigenvalue weighted by atomic mass is 19.1. The van der Waals surface area contributed by atoms with E-state index in [4.69, 9.17) is 9.47 Å². The molecule has 5 nitrogen and oxygen atoms in total. The predicted molar refractivity (Wildman–Crippen MR) is 117 cm³/mol. The molecule has 0 spiro atoms. The molecule has 160 valence electrons. The van der Waals surface area contributed by atoms with E-state index < -0.39 is 0 Å². The summed E-state index contributed by atoms with van der Waals surface area (Å²) in [5.41, 5.74) is 2.74. The molecule has 0 aromatic heterocycles. The summed E-state index contributed by atoms with van der Waals surface area (Å²) in [6, 6.07) is 21.1. The van der Waals surface area contributed by atoms with E-state index in [1.165, 1.54) is 12.1 Å². The first-order valence-electron chi connectivity index (χ1n) is 10.4. The highest BCUT2D eigenvalue weighted by Crippen LogP contribution is 2.22. The van der Waals surface area contributed by atoms with Crippen LogP contribution in [0.4, 0.5) is 4.39 Å². The van der Waals surface area contributed by atoms with E-state index in [1.807, 2.05) is 48.5 Å². The van der Waals surface area contributed by atoms with Gasteiger partial charge < -0.3 is 14.8 Å². The minimum absolute atomic E-state index is 0.101. The van der Waals surface area contributed by atoms with Crippen LogP contribution in [0.3, 0.4) is 0 Å². The van der Waals surface area contributed by atoms with Crippen LogP contribution in [0.5, 0.6) is 11.5 Å². The Morgan fingerprint density at radius 3 is 2.32 bits per heavy atom. The number of amides is 1. The lowest BCUT2D eigenvalue weighted by Gasteiger charge is -2.26. The zero-order valence-electron chi connectivity index (χ0n) is 17.2. The highest BCUT2D eigenvalue weighted by Gasteiger charge is 2.12. The van der Waals surface area contributed by atoms with Gasteiger partial charge in [0.25, 0.3) is 5.91 Å². The van der Waals surface area contributed by atoms with Crippen LogP contribution in [-0.2, 0) is 17.8 Å². The average molecular weight is 420 g/mol. The fourth-order valence-corrected chi connectivity index (χ4v) is 3.43. The lowest BCUT2D eigenvalue weighted by molar-refractivity contribution is 0.0342. The summed E-state index contributed by atoms with van der Waals surface area (Å²) in [7, 11) is 0. The van der Waals surface area contributed by atoms with Crippen molar-refractivity contribution in [2.45, 2.75) is 13.1 Å². The maximum atomic E-state index is 13.0. The van der Waals surface area contributed by atoms with E-state index in [0.29, 0.717) is 23.6 Å². The Morgan fingerprint density at radius 2 is 1.61 bits per heavy atom. The van der Waals surface area contributed by atoms with Crippen molar-refractivity contribution < 1.29 is 18.7 Å². The number of carbonyl (C=O) groups is 1. The first-order chi connectivity index (χ1) is 15.2. The molecule has 1 fully saturated rings. The smallest absolute Gasteiger partial charge is 0.251 e. The molecule has 31 heavy (non-hydrogen) atoms. The molecule has 4 rings (SSSR count). The number of rotatable bonds is 7. The van der Waals surface area contributed by atoms with Crippen LogP contribution in [0.15, 0.2) is 72.8 Å². The van der Waals surface area contributed by atoms with Gasteiger partial charge in [0.2, 0.25) is 0 Å². The third-order valence-electron chi connectivity index (χ3n) is 5.12. The molecule has 3 aromatic rings. The van der Waals surface area contributed by atoms with Crippen LogP contribution in [0.2, 0.25) is 0 Å². The molecule has 3 aromatic carbocycles. The van der Waals surface area contributed by atoms with Gasteiger partial charge in [0.05, 0.1) is 13.2 Å². The van der Waals surface area contributed by atoms with Crippen molar-refractivity contribution in [1.29, 1.82) is 0 Å². The minimum atomic E-state index is -0.301. The fourth-order valence-electron chi connectivity index (χ4n) is 3.43. The molecular weight excluding hydrogens is 395 g/mol. The SMILES string of the molecule is O=C(NCc1ccc(Oc2ccc(F)cc2)cc1)c1cccc(CN2CCOCC2)c1. The molecule has 0 aliphatic carbocycles. The number of morpholine rings is 1. The van der Waals surface area contributed by atoms with E-state index in [1.54, 1.807) is 12.1 Å². The summed E-state index contributed by atoms with van der Waals surface area (Å²) in [6.45, 7) is 4.58. The minimum Gasteiger partial charge on any atom is -0.457 e. The van der Waals surface area contributed by atoms with Crippen LogP contribution in [0.25, 0.3) is 0 Å². The van der Waals surface area contributed by atoms with E-state index in [2.05, 4.69) is 10.2 Å². The van der Waals surface area contributed by atoms with Gasteiger partial charge in [-0.15, -0.1) is 0 Å². The van der Waals surface area contributed by atoms with E-state index >= 15 is 0 Å². The van der Waals surface area contributed by atoms with Crippen molar-refractivity contribution in [3.8, 4) is 11.5 Å². The topological polar surface area (TPSA) is 50.8 Å². The number of halogens is 1. The summed E-state index contributed by atoms with van der Waals surface area (Å²) in [5.74, 6) is 0.817. The zero-order chi connectivity index (χ0) is 21.5.